The van der Waals surface area contributed by atoms with Crippen LogP contribution in [0.15, 0.2) is 48.5 Å². The molecule has 158 valence electrons. The van der Waals surface area contributed by atoms with Crippen LogP contribution in [0.25, 0.3) is 0 Å². The van der Waals surface area contributed by atoms with Crippen LogP contribution in [0.3, 0.4) is 0 Å². The third-order valence-corrected chi connectivity index (χ3v) is 6.46. The molecular formula is C25H35NO3. The van der Waals surface area contributed by atoms with Gasteiger partial charge in [0.1, 0.15) is 11.5 Å². The van der Waals surface area contributed by atoms with Gasteiger partial charge in [-0.05, 0) is 74.5 Å². The largest absolute Gasteiger partial charge is 0.497 e. The smallest absolute Gasteiger partial charge is 0.118 e. The third kappa shape index (κ3) is 5.31. The first-order valence-corrected chi connectivity index (χ1v) is 10.6. The Bertz CT molecular complexity index is 759. The van der Waals surface area contributed by atoms with E-state index in [1.54, 1.807) is 14.2 Å². The van der Waals surface area contributed by atoms with E-state index in [2.05, 4.69) is 55.6 Å². The van der Waals surface area contributed by atoms with Gasteiger partial charge in [-0.15, -0.1) is 0 Å². The second-order valence-electron chi connectivity index (χ2n) is 8.36. The van der Waals surface area contributed by atoms with E-state index in [1.165, 1.54) is 11.1 Å². The fraction of sp³-hybridized carbons (Fsp3) is 0.520. The van der Waals surface area contributed by atoms with Crippen molar-refractivity contribution in [2.24, 2.45) is 0 Å². The lowest BCUT2D eigenvalue weighted by atomic mass is 9.66. The summed E-state index contributed by atoms with van der Waals surface area (Å²) in [4.78, 5) is 0. The maximum absolute atomic E-state index is 6.18. The molecule has 29 heavy (non-hydrogen) atoms. The molecule has 4 heteroatoms. The van der Waals surface area contributed by atoms with E-state index in [4.69, 9.17) is 14.2 Å². The Kier molecular flexibility index (Phi) is 7.20. The molecule has 1 heterocycles. The highest BCUT2D eigenvalue weighted by Gasteiger charge is 2.43. The number of rotatable bonds is 9. The highest BCUT2D eigenvalue weighted by molar-refractivity contribution is 5.33. The summed E-state index contributed by atoms with van der Waals surface area (Å²) < 4.78 is 16.8. The van der Waals surface area contributed by atoms with Gasteiger partial charge in [-0.25, -0.2) is 0 Å². The Labute approximate surface area is 175 Å². The summed E-state index contributed by atoms with van der Waals surface area (Å²) in [5.74, 6) is 1.81. The van der Waals surface area contributed by atoms with Gasteiger partial charge in [-0.3, -0.25) is 0 Å². The van der Waals surface area contributed by atoms with Crippen molar-refractivity contribution in [3.8, 4) is 11.5 Å². The van der Waals surface area contributed by atoms with Crippen LogP contribution in [0.2, 0.25) is 0 Å². The lowest BCUT2D eigenvalue weighted by molar-refractivity contribution is -0.0979. The van der Waals surface area contributed by atoms with E-state index >= 15 is 0 Å². The van der Waals surface area contributed by atoms with Gasteiger partial charge >= 0.3 is 0 Å². The predicted octanol–water partition coefficient (Wildman–Crippen LogP) is 5.10. The third-order valence-electron chi connectivity index (χ3n) is 6.46. The summed E-state index contributed by atoms with van der Waals surface area (Å²) in [6.07, 6.45) is 4.23. The average molecular weight is 398 g/mol. The molecule has 0 spiro atoms. The van der Waals surface area contributed by atoms with Crippen LogP contribution in [0.1, 0.15) is 50.7 Å². The van der Waals surface area contributed by atoms with Gasteiger partial charge in [0, 0.05) is 18.6 Å². The Balaban J connectivity index is 1.69. The molecule has 4 nitrogen and oxygen atoms in total. The number of methoxy groups -OCH3 is 2. The molecule has 0 saturated carbocycles. The molecule has 2 atom stereocenters. The number of nitrogens with one attached hydrogen (secondary N) is 1. The van der Waals surface area contributed by atoms with Crippen molar-refractivity contribution in [3.05, 3.63) is 59.7 Å². The number of hydrogen-bond acceptors (Lipinski definition) is 4. The number of benzene rings is 2. The number of hydrogen-bond donors (Lipinski definition) is 1. The first-order valence-electron chi connectivity index (χ1n) is 10.6. The Morgan fingerprint density at radius 3 is 2.17 bits per heavy atom. The standard InChI is InChI=1S/C25H35NO3/c1-5-24(2)19-25(15-17-29-24,21-8-12-23(28-4)13-9-21)14-16-26-18-20-6-10-22(27-3)11-7-20/h6-13,26H,5,14-19H2,1-4H3/t24-,25+/m1/s1. The predicted molar refractivity (Wildman–Crippen MR) is 118 cm³/mol. The molecule has 2 aromatic carbocycles. The molecule has 2 aromatic rings. The molecule has 1 fully saturated rings. The van der Waals surface area contributed by atoms with E-state index in [-0.39, 0.29) is 11.0 Å². The summed E-state index contributed by atoms with van der Waals surface area (Å²) in [5.41, 5.74) is 2.73. The van der Waals surface area contributed by atoms with Crippen LogP contribution in [-0.4, -0.2) is 33.0 Å². The van der Waals surface area contributed by atoms with Crippen molar-refractivity contribution in [2.75, 3.05) is 27.4 Å². The van der Waals surface area contributed by atoms with E-state index < -0.39 is 0 Å². The molecule has 1 aliphatic heterocycles. The minimum Gasteiger partial charge on any atom is -0.497 e. The van der Waals surface area contributed by atoms with Crippen molar-refractivity contribution in [2.45, 2.75) is 57.1 Å². The Hall–Kier alpha value is -2.04. The molecule has 1 N–H and O–H groups in total. The van der Waals surface area contributed by atoms with Crippen molar-refractivity contribution in [3.63, 3.8) is 0 Å². The zero-order valence-electron chi connectivity index (χ0n) is 18.3. The SMILES string of the molecule is CC[C@]1(C)C[C@@](CCNCc2ccc(OC)cc2)(c2ccc(OC)cc2)CCO1. The lowest BCUT2D eigenvalue weighted by Gasteiger charge is -2.47. The molecular weight excluding hydrogens is 362 g/mol. The van der Waals surface area contributed by atoms with E-state index in [0.29, 0.717) is 0 Å². The fourth-order valence-electron chi connectivity index (χ4n) is 4.43. The molecule has 0 amide bonds. The first-order chi connectivity index (χ1) is 14.0. The van der Waals surface area contributed by atoms with Gasteiger partial charge in [0.25, 0.3) is 0 Å². The molecule has 0 bridgehead atoms. The van der Waals surface area contributed by atoms with E-state index in [1.807, 2.05) is 12.1 Å². The topological polar surface area (TPSA) is 39.7 Å². The van der Waals surface area contributed by atoms with Crippen LogP contribution >= 0.6 is 0 Å². The summed E-state index contributed by atoms with van der Waals surface area (Å²) >= 11 is 0. The second kappa shape index (κ2) is 9.64. The van der Waals surface area contributed by atoms with Gasteiger partial charge in [0.2, 0.25) is 0 Å². The van der Waals surface area contributed by atoms with Crippen molar-refractivity contribution in [1.82, 2.24) is 5.32 Å². The second-order valence-corrected chi connectivity index (χ2v) is 8.36. The van der Waals surface area contributed by atoms with Gasteiger partial charge in [0.05, 0.1) is 19.8 Å². The maximum Gasteiger partial charge on any atom is 0.118 e. The summed E-state index contributed by atoms with van der Waals surface area (Å²) in [5, 5.41) is 3.64. The molecule has 0 aromatic heterocycles. The summed E-state index contributed by atoms with van der Waals surface area (Å²) in [6.45, 7) is 7.14. The minimum absolute atomic E-state index is 0.0613. The summed E-state index contributed by atoms with van der Waals surface area (Å²) in [6, 6.07) is 16.9. The van der Waals surface area contributed by atoms with Crippen molar-refractivity contribution < 1.29 is 14.2 Å². The average Bonchev–Trinajstić information content (AvgIpc) is 2.77. The monoisotopic (exact) mass is 397 g/mol. The van der Waals surface area contributed by atoms with Crippen LogP contribution < -0.4 is 14.8 Å². The maximum atomic E-state index is 6.18. The van der Waals surface area contributed by atoms with E-state index in [0.717, 1.165) is 56.9 Å². The first kappa shape index (κ1) is 21.7. The van der Waals surface area contributed by atoms with Gasteiger partial charge in [-0.1, -0.05) is 31.2 Å². The van der Waals surface area contributed by atoms with Crippen LogP contribution in [-0.2, 0) is 16.7 Å². The Morgan fingerprint density at radius 1 is 0.966 bits per heavy atom. The summed E-state index contributed by atoms with van der Waals surface area (Å²) in [7, 11) is 3.42. The zero-order chi connectivity index (χ0) is 20.7. The molecule has 0 unspecified atom stereocenters. The fourth-order valence-corrected chi connectivity index (χ4v) is 4.43. The van der Waals surface area contributed by atoms with E-state index in [9.17, 15) is 0 Å². The molecule has 1 saturated heterocycles. The van der Waals surface area contributed by atoms with Gasteiger partial charge < -0.3 is 19.5 Å². The van der Waals surface area contributed by atoms with Crippen molar-refractivity contribution >= 4 is 0 Å². The van der Waals surface area contributed by atoms with Crippen molar-refractivity contribution in [1.29, 1.82) is 0 Å². The molecule has 0 radical (unpaired) electrons. The van der Waals surface area contributed by atoms with Crippen LogP contribution in [0.5, 0.6) is 11.5 Å². The van der Waals surface area contributed by atoms with Gasteiger partial charge in [0.15, 0.2) is 0 Å². The molecule has 1 aliphatic rings. The normalized spacial score (nSPS) is 24.3. The quantitative estimate of drug-likeness (QED) is 0.598. The molecule has 0 aliphatic carbocycles. The highest BCUT2D eigenvalue weighted by atomic mass is 16.5. The Morgan fingerprint density at radius 2 is 1.59 bits per heavy atom. The highest BCUT2D eigenvalue weighted by Crippen LogP contribution is 2.45. The van der Waals surface area contributed by atoms with Crippen LogP contribution in [0, 0.1) is 0 Å². The van der Waals surface area contributed by atoms with Crippen LogP contribution in [0.4, 0.5) is 0 Å². The van der Waals surface area contributed by atoms with Gasteiger partial charge in [-0.2, -0.15) is 0 Å². The zero-order valence-corrected chi connectivity index (χ0v) is 18.3. The molecule has 3 rings (SSSR count). The minimum atomic E-state index is -0.0613. The lowest BCUT2D eigenvalue weighted by Crippen LogP contribution is -2.46. The number of ether oxygens (including phenoxy) is 3.